The molecule has 8 heteroatoms. The average molecular weight is 401 g/mol. The number of halogens is 1. The molecule has 1 saturated carbocycles. The largest absolute Gasteiger partial charge is 0.511 e. The lowest BCUT2D eigenvalue weighted by molar-refractivity contribution is 0.143. The third-order valence-corrected chi connectivity index (χ3v) is 6.52. The van der Waals surface area contributed by atoms with Crippen molar-refractivity contribution in [2.45, 2.75) is 44.7 Å². The van der Waals surface area contributed by atoms with Gasteiger partial charge >= 0.3 is 6.16 Å². The summed E-state index contributed by atoms with van der Waals surface area (Å²) in [6.45, 7) is 4.14. The predicted octanol–water partition coefficient (Wildman–Crippen LogP) is 3.03. The van der Waals surface area contributed by atoms with E-state index in [0.717, 1.165) is 45.3 Å². The molecule has 3 aliphatic rings. The van der Waals surface area contributed by atoms with Crippen LogP contribution in [0, 0.1) is 18.7 Å². The molecule has 0 unspecified atom stereocenters. The van der Waals surface area contributed by atoms with Crippen LogP contribution < -0.4 is 20.4 Å². The minimum Gasteiger partial charge on any atom is -0.449 e. The number of rotatable bonds is 3. The molecular weight excluding hydrogens is 377 g/mol. The van der Waals surface area contributed by atoms with Gasteiger partial charge in [0.25, 0.3) is 0 Å². The molecular formula is C21H24FN3O4. The quantitative estimate of drug-likeness (QED) is 0.770. The van der Waals surface area contributed by atoms with Gasteiger partial charge in [-0.1, -0.05) is 0 Å². The van der Waals surface area contributed by atoms with Gasteiger partial charge in [0.1, 0.15) is 5.82 Å². The molecule has 3 heterocycles. The summed E-state index contributed by atoms with van der Waals surface area (Å²) in [6.07, 6.45) is 4.07. The summed E-state index contributed by atoms with van der Waals surface area (Å²) in [4.78, 5) is 26.0. The van der Waals surface area contributed by atoms with Gasteiger partial charge in [0.05, 0.1) is 22.8 Å². The Bertz CT molecular complexity index is 1050. The maximum absolute atomic E-state index is 15.4. The van der Waals surface area contributed by atoms with Gasteiger partial charge in [-0.05, 0) is 51.1 Å². The lowest BCUT2D eigenvalue weighted by Crippen LogP contribution is -2.40. The number of anilines is 1. The highest BCUT2D eigenvalue weighted by molar-refractivity contribution is 5.88. The van der Waals surface area contributed by atoms with Crippen LogP contribution in [0.3, 0.4) is 0 Å². The molecule has 2 N–H and O–H groups in total. The van der Waals surface area contributed by atoms with Crippen molar-refractivity contribution in [2.75, 3.05) is 24.5 Å². The van der Waals surface area contributed by atoms with Crippen molar-refractivity contribution in [3.05, 3.63) is 33.9 Å². The van der Waals surface area contributed by atoms with Crippen LogP contribution in [0.5, 0.6) is 5.75 Å². The molecule has 2 saturated heterocycles. The monoisotopic (exact) mass is 401 g/mol. The fraction of sp³-hybridized carbons (Fsp3) is 0.524. The molecule has 0 radical (unpaired) electrons. The van der Waals surface area contributed by atoms with Crippen LogP contribution in [0.15, 0.2) is 17.1 Å². The SMILES string of the molecule is Cc1c(F)c(N2C[C@@H]3CCCN[C@@H]3C2)cc2c1c(=O)c(OC(=O)O)cn2C1CC1. The van der Waals surface area contributed by atoms with E-state index < -0.39 is 17.4 Å². The standard InChI is InChI=1S/C21H24FN3O4/c1-11-18-15(25(13-4-5-13)10-17(20(18)26)29-21(27)28)7-16(19(11)22)24-8-12-3-2-6-23-14(12)9-24/h7,10,12-14,23H,2-6,8-9H2,1H3,(H,27,28)/t12-,14+/m0/s1. The van der Waals surface area contributed by atoms with Crippen molar-refractivity contribution < 1.29 is 19.0 Å². The van der Waals surface area contributed by atoms with Crippen LogP contribution in [0.4, 0.5) is 14.9 Å². The number of aromatic nitrogens is 1. The van der Waals surface area contributed by atoms with Crippen molar-refractivity contribution in [2.24, 2.45) is 5.92 Å². The molecule has 1 aromatic carbocycles. The summed E-state index contributed by atoms with van der Waals surface area (Å²) in [5.41, 5.74) is 0.827. The highest BCUT2D eigenvalue weighted by Gasteiger charge is 2.36. The normalized spacial score (nSPS) is 24.0. The van der Waals surface area contributed by atoms with Gasteiger partial charge in [0.2, 0.25) is 5.43 Å². The van der Waals surface area contributed by atoms with Crippen LogP contribution in [0.2, 0.25) is 0 Å². The highest BCUT2D eigenvalue weighted by atomic mass is 19.1. The van der Waals surface area contributed by atoms with E-state index in [0.29, 0.717) is 23.2 Å². The molecule has 1 aromatic heterocycles. The minimum atomic E-state index is -1.55. The zero-order valence-electron chi connectivity index (χ0n) is 16.3. The van der Waals surface area contributed by atoms with Crippen LogP contribution in [0.1, 0.15) is 37.3 Å². The number of nitrogens with one attached hydrogen (secondary N) is 1. The summed E-state index contributed by atoms with van der Waals surface area (Å²) in [5, 5.41) is 12.7. The van der Waals surface area contributed by atoms with Crippen LogP contribution in [-0.2, 0) is 0 Å². The second-order valence-corrected chi connectivity index (χ2v) is 8.43. The Hall–Kier alpha value is -2.61. The van der Waals surface area contributed by atoms with Crippen LogP contribution in [0.25, 0.3) is 10.9 Å². The number of hydrogen-bond donors (Lipinski definition) is 2. The Morgan fingerprint density at radius 3 is 2.79 bits per heavy atom. The second kappa shape index (κ2) is 6.73. The number of benzene rings is 1. The van der Waals surface area contributed by atoms with Gasteiger partial charge in [-0.15, -0.1) is 0 Å². The lowest BCUT2D eigenvalue weighted by atomic mass is 9.94. The van der Waals surface area contributed by atoms with E-state index >= 15 is 4.39 Å². The highest BCUT2D eigenvalue weighted by Crippen LogP contribution is 2.40. The number of hydrogen-bond acceptors (Lipinski definition) is 5. The summed E-state index contributed by atoms with van der Waals surface area (Å²) in [5.74, 6) is -0.178. The van der Waals surface area contributed by atoms with Crippen molar-refractivity contribution in [3.8, 4) is 5.75 Å². The van der Waals surface area contributed by atoms with Crippen LogP contribution in [-0.4, -0.2) is 41.5 Å². The Kier molecular flexibility index (Phi) is 4.27. The maximum Gasteiger partial charge on any atom is 0.511 e. The van der Waals surface area contributed by atoms with Gasteiger partial charge in [0.15, 0.2) is 5.75 Å². The van der Waals surface area contributed by atoms with Gasteiger partial charge < -0.3 is 24.6 Å². The first-order valence-electron chi connectivity index (χ1n) is 10.2. The number of carboxylic acid groups (broad SMARTS) is 1. The fourth-order valence-corrected chi connectivity index (χ4v) is 4.92. The second-order valence-electron chi connectivity index (χ2n) is 8.43. The molecule has 5 rings (SSSR count). The summed E-state index contributed by atoms with van der Waals surface area (Å²) >= 11 is 0. The lowest BCUT2D eigenvalue weighted by Gasteiger charge is -2.24. The van der Waals surface area contributed by atoms with Gasteiger partial charge in [-0.25, -0.2) is 9.18 Å². The molecule has 3 fully saturated rings. The summed E-state index contributed by atoms with van der Waals surface area (Å²) in [7, 11) is 0. The van der Waals surface area contributed by atoms with E-state index in [2.05, 4.69) is 10.2 Å². The van der Waals surface area contributed by atoms with E-state index in [1.807, 2.05) is 4.57 Å². The van der Waals surface area contributed by atoms with Gasteiger partial charge in [0, 0.05) is 30.7 Å². The number of ether oxygens (including phenoxy) is 1. The average Bonchev–Trinajstić information content (AvgIpc) is 3.44. The van der Waals surface area contributed by atoms with E-state index in [9.17, 15) is 9.59 Å². The number of carbonyl (C=O) groups is 1. The number of piperidine rings is 1. The molecule has 2 aromatic rings. The zero-order valence-corrected chi connectivity index (χ0v) is 16.3. The van der Waals surface area contributed by atoms with E-state index in [-0.39, 0.29) is 22.7 Å². The molecule has 2 aliphatic heterocycles. The first kappa shape index (κ1) is 18.4. The van der Waals surface area contributed by atoms with Crippen LogP contribution >= 0.6 is 0 Å². The third-order valence-electron chi connectivity index (χ3n) is 6.52. The van der Waals surface area contributed by atoms with Crippen molar-refractivity contribution >= 4 is 22.7 Å². The molecule has 7 nitrogen and oxygen atoms in total. The number of nitrogens with zero attached hydrogens (tertiary/aromatic N) is 2. The Balaban J connectivity index is 1.66. The number of fused-ring (bicyclic) bond motifs is 2. The Labute approximate surface area is 167 Å². The zero-order chi connectivity index (χ0) is 20.3. The van der Waals surface area contributed by atoms with Crippen molar-refractivity contribution in [3.63, 3.8) is 0 Å². The summed E-state index contributed by atoms with van der Waals surface area (Å²) in [6, 6.07) is 2.31. The molecule has 2 atom stereocenters. The predicted molar refractivity (Wildman–Crippen MR) is 107 cm³/mol. The number of aryl methyl sites for hydroxylation is 1. The van der Waals surface area contributed by atoms with Gasteiger partial charge in [-0.3, -0.25) is 4.79 Å². The fourth-order valence-electron chi connectivity index (χ4n) is 4.92. The molecule has 0 spiro atoms. The van der Waals surface area contributed by atoms with Crippen molar-refractivity contribution in [1.82, 2.24) is 9.88 Å². The Morgan fingerprint density at radius 1 is 1.31 bits per heavy atom. The molecule has 1 aliphatic carbocycles. The van der Waals surface area contributed by atoms with Gasteiger partial charge in [-0.2, -0.15) is 0 Å². The molecule has 29 heavy (non-hydrogen) atoms. The van der Waals surface area contributed by atoms with Crippen molar-refractivity contribution in [1.29, 1.82) is 0 Å². The first-order valence-corrected chi connectivity index (χ1v) is 10.2. The number of pyridine rings is 1. The smallest absolute Gasteiger partial charge is 0.449 e. The van der Waals surface area contributed by atoms with E-state index in [4.69, 9.17) is 9.84 Å². The topological polar surface area (TPSA) is 83.8 Å². The molecule has 0 amide bonds. The minimum absolute atomic E-state index is 0.176. The van der Waals surface area contributed by atoms with E-state index in [1.165, 1.54) is 6.20 Å². The third kappa shape index (κ3) is 3.06. The molecule has 0 bridgehead atoms. The Morgan fingerprint density at radius 2 is 2.10 bits per heavy atom. The summed E-state index contributed by atoms with van der Waals surface area (Å²) < 4.78 is 22.0. The van der Waals surface area contributed by atoms with E-state index in [1.54, 1.807) is 13.0 Å². The first-order chi connectivity index (χ1) is 13.9. The maximum atomic E-state index is 15.4. The molecule has 154 valence electrons.